The summed E-state index contributed by atoms with van der Waals surface area (Å²) >= 11 is 7.37. The third-order valence-corrected chi connectivity index (χ3v) is 6.27. The molecular weight excluding hydrogens is 358 g/mol. The van der Waals surface area contributed by atoms with Crippen LogP contribution in [-0.2, 0) is 9.59 Å². The molecule has 5 nitrogen and oxygen atoms in total. The number of benzene rings is 1. The van der Waals surface area contributed by atoms with Gasteiger partial charge in [0.15, 0.2) is 0 Å². The Balaban J connectivity index is 1.43. The summed E-state index contributed by atoms with van der Waals surface area (Å²) in [4.78, 5) is 27.7. The standard InChI is InChI=1S/C18H24ClN3O2S/c1-12-4-7-22(8-5-12)9-6-20-17(23)11-16-18(24)21-14-10-13(19)2-3-15(14)25-16/h2-3,10,12,16H,4-9,11H2,1H3,(H,20,23)(H,21,24). The van der Waals surface area contributed by atoms with E-state index >= 15 is 0 Å². The van der Waals surface area contributed by atoms with Crippen LogP contribution in [0.4, 0.5) is 5.69 Å². The number of likely N-dealkylation sites (tertiary alicyclic amines) is 1. The number of carbonyl (C=O) groups is 2. The van der Waals surface area contributed by atoms with Crippen LogP contribution in [0.1, 0.15) is 26.2 Å². The zero-order valence-corrected chi connectivity index (χ0v) is 16.0. The number of amides is 2. The minimum absolute atomic E-state index is 0.0737. The Morgan fingerprint density at radius 1 is 1.40 bits per heavy atom. The fourth-order valence-electron chi connectivity index (χ4n) is 3.14. The van der Waals surface area contributed by atoms with Crippen LogP contribution in [0, 0.1) is 5.92 Å². The van der Waals surface area contributed by atoms with Crippen molar-refractivity contribution in [2.75, 3.05) is 31.5 Å². The van der Waals surface area contributed by atoms with Crippen molar-refractivity contribution in [1.29, 1.82) is 0 Å². The van der Waals surface area contributed by atoms with E-state index in [2.05, 4.69) is 22.5 Å². The van der Waals surface area contributed by atoms with Crippen LogP contribution in [0.15, 0.2) is 23.1 Å². The molecular formula is C18H24ClN3O2S. The number of piperidine rings is 1. The zero-order chi connectivity index (χ0) is 17.8. The second-order valence-electron chi connectivity index (χ2n) is 6.81. The molecule has 0 saturated carbocycles. The average molecular weight is 382 g/mol. The Kier molecular flexibility index (Phi) is 6.25. The summed E-state index contributed by atoms with van der Waals surface area (Å²) < 4.78 is 0. The molecule has 136 valence electrons. The maximum Gasteiger partial charge on any atom is 0.238 e. The number of rotatable bonds is 5. The van der Waals surface area contributed by atoms with Crippen molar-refractivity contribution < 1.29 is 9.59 Å². The Morgan fingerprint density at radius 3 is 2.92 bits per heavy atom. The highest BCUT2D eigenvalue weighted by atomic mass is 35.5. The van der Waals surface area contributed by atoms with Gasteiger partial charge in [-0.05, 0) is 50.0 Å². The number of nitrogens with one attached hydrogen (secondary N) is 2. The van der Waals surface area contributed by atoms with Gasteiger partial charge in [0.2, 0.25) is 11.8 Å². The number of halogens is 1. The summed E-state index contributed by atoms with van der Waals surface area (Å²) in [5.74, 6) is 0.598. The molecule has 2 N–H and O–H groups in total. The van der Waals surface area contributed by atoms with Gasteiger partial charge in [-0.25, -0.2) is 0 Å². The van der Waals surface area contributed by atoms with Gasteiger partial charge >= 0.3 is 0 Å². The van der Waals surface area contributed by atoms with E-state index in [9.17, 15) is 9.59 Å². The molecule has 0 aromatic heterocycles. The van der Waals surface area contributed by atoms with Crippen molar-refractivity contribution in [2.45, 2.75) is 36.3 Å². The highest BCUT2D eigenvalue weighted by molar-refractivity contribution is 8.01. The molecule has 1 aromatic rings. The van der Waals surface area contributed by atoms with Crippen molar-refractivity contribution in [3.05, 3.63) is 23.2 Å². The van der Waals surface area contributed by atoms with Crippen LogP contribution >= 0.6 is 23.4 Å². The van der Waals surface area contributed by atoms with E-state index in [-0.39, 0.29) is 18.2 Å². The first-order valence-electron chi connectivity index (χ1n) is 8.77. The average Bonchev–Trinajstić information content (AvgIpc) is 2.57. The van der Waals surface area contributed by atoms with Gasteiger partial charge in [0, 0.05) is 29.4 Å². The van der Waals surface area contributed by atoms with Crippen LogP contribution in [0.3, 0.4) is 0 Å². The number of hydrogen-bond acceptors (Lipinski definition) is 4. The van der Waals surface area contributed by atoms with Crippen LogP contribution in [0.2, 0.25) is 5.02 Å². The smallest absolute Gasteiger partial charge is 0.238 e. The van der Waals surface area contributed by atoms with Crippen LogP contribution in [0.5, 0.6) is 0 Å². The first kappa shape index (κ1) is 18.5. The number of fused-ring (bicyclic) bond motifs is 1. The summed E-state index contributed by atoms with van der Waals surface area (Å²) in [5, 5.41) is 5.97. The quantitative estimate of drug-likeness (QED) is 0.823. The van der Waals surface area contributed by atoms with E-state index in [1.807, 2.05) is 6.07 Å². The maximum atomic E-state index is 12.2. The first-order chi connectivity index (χ1) is 12.0. The van der Waals surface area contributed by atoms with Crippen molar-refractivity contribution >= 4 is 40.9 Å². The molecule has 2 heterocycles. The lowest BCUT2D eigenvalue weighted by Crippen LogP contribution is -2.40. The number of nitrogens with zero attached hydrogens (tertiary/aromatic N) is 1. The molecule has 1 saturated heterocycles. The predicted octanol–water partition coefficient (Wildman–Crippen LogP) is 2.99. The molecule has 1 aromatic carbocycles. The molecule has 3 rings (SSSR count). The molecule has 2 aliphatic rings. The van der Waals surface area contributed by atoms with E-state index in [0.717, 1.165) is 36.1 Å². The molecule has 1 unspecified atom stereocenters. The minimum Gasteiger partial charge on any atom is -0.355 e. The first-order valence-corrected chi connectivity index (χ1v) is 10.0. The number of carbonyl (C=O) groups excluding carboxylic acids is 2. The van der Waals surface area contributed by atoms with Gasteiger partial charge < -0.3 is 15.5 Å². The Bertz CT molecular complexity index is 647. The maximum absolute atomic E-state index is 12.2. The third-order valence-electron chi connectivity index (χ3n) is 4.76. The Labute approximate surface area is 157 Å². The number of thioether (sulfide) groups is 1. The summed E-state index contributed by atoms with van der Waals surface area (Å²) in [6.07, 6.45) is 2.65. The molecule has 0 radical (unpaired) electrons. The fraction of sp³-hybridized carbons (Fsp3) is 0.556. The van der Waals surface area contributed by atoms with Gasteiger partial charge in [0.1, 0.15) is 0 Å². The molecule has 0 aliphatic carbocycles. The summed E-state index contributed by atoms with van der Waals surface area (Å²) in [7, 11) is 0. The highest BCUT2D eigenvalue weighted by Gasteiger charge is 2.29. The van der Waals surface area contributed by atoms with E-state index in [4.69, 9.17) is 11.6 Å². The Hall–Kier alpha value is -1.24. The molecule has 1 atom stereocenters. The normalized spacial score (nSPS) is 21.5. The van der Waals surface area contributed by atoms with Crippen molar-refractivity contribution in [2.24, 2.45) is 5.92 Å². The van der Waals surface area contributed by atoms with Gasteiger partial charge in [-0.15, -0.1) is 11.8 Å². The predicted molar refractivity (Wildman–Crippen MR) is 102 cm³/mol. The van der Waals surface area contributed by atoms with E-state index < -0.39 is 5.25 Å². The second-order valence-corrected chi connectivity index (χ2v) is 8.50. The monoisotopic (exact) mass is 381 g/mol. The fourth-order valence-corrected chi connectivity index (χ4v) is 4.40. The minimum atomic E-state index is -0.399. The number of anilines is 1. The molecule has 2 amide bonds. The second kappa shape index (κ2) is 8.43. The topological polar surface area (TPSA) is 61.4 Å². The van der Waals surface area contributed by atoms with Gasteiger partial charge in [0.25, 0.3) is 0 Å². The molecule has 0 bridgehead atoms. The molecule has 1 fully saturated rings. The highest BCUT2D eigenvalue weighted by Crippen LogP contribution is 2.38. The van der Waals surface area contributed by atoms with Crippen molar-refractivity contribution in [3.8, 4) is 0 Å². The summed E-state index contributed by atoms with van der Waals surface area (Å²) in [6.45, 7) is 6.02. The van der Waals surface area contributed by atoms with Crippen LogP contribution in [-0.4, -0.2) is 48.1 Å². The number of hydrogen-bond donors (Lipinski definition) is 2. The lowest BCUT2D eigenvalue weighted by molar-refractivity contribution is -0.124. The lowest BCUT2D eigenvalue weighted by Gasteiger charge is -2.30. The van der Waals surface area contributed by atoms with Gasteiger partial charge in [-0.3, -0.25) is 9.59 Å². The Morgan fingerprint density at radius 2 is 2.16 bits per heavy atom. The molecule has 7 heteroatoms. The van der Waals surface area contributed by atoms with E-state index in [0.29, 0.717) is 11.6 Å². The van der Waals surface area contributed by atoms with E-state index in [1.54, 1.807) is 12.1 Å². The van der Waals surface area contributed by atoms with Crippen molar-refractivity contribution in [1.82, 2.24) is 10.2 Å². The summed E-state index contributed by atoms with van der Waals surface area (Å²) in [6, 6.07) is 5.41. The zero-order valence-electron chi connectivity index (χ0n) is 14.4. The van der Waals surface area contributed by atoms with Crippen LogP contribution in [0.25, 0.3) is 0 Å². The molecule has 0 spiro atoms. The molecule has 25 heavy (non-hydrogen) atoms. The third kappa shape index (κ3) is 5.12. The largest absolute Gasteiger partial charge is 0.355 e. The van der Waals surface area contributed by atoms with Gasteiger partial charge in [-0.1, -0.05) is 18.5 Å². The lowest BCUT2D eigenvalue weighted by atomic mass is 9.99. The molecule has 2 aliphatic heterocycles. The summed E-state index contributed by atoms with van der Waals surface area (Å²) in [5.41, 5.74) is 0.721. The van der Waals surface area contributed by atoms with Gasteiger partial charge in [-0.2, -0.15) is 0 Å². The van der Waals surface area contributed by atoms with Crippen LogP contribution < -0.4 is 10.6 Å². The van der Waals surface area contributed by atoms with Gasteiger partial charge in [0.05, 0.1) is 10.9 Å². The SMILES string of the molecule is CC1CCN(CCNC(=O)CC2Sc3ccc(Cl)cc3NC2=O)CC1. The van der Waals surface area contributed by atoms with E-state index in [1.165, 1.54) is 24.6 Å². The van der Waals surface area contributed by atoms with Crippen molar-refractivity contribution in [3.63, 3.8) is 0 Å².